The summed E-state index contributed by atoms with van der Waals surface area (Å²) in [5, 5.41) is 4.17. The molecule has 0 radical (unpaired) electrons. The number of likely N-dealkylation sites (tertiary alicyclic amines) is 1. The Hall–Kier alpha value is -2.64. The summed E-state index contributed by atoms with van der Waals surface area (Å²) in [4.78, 5) is 14.6. The van der Waals surface area contributed by atoms with Gasteiger partial charge in [0, 0.05) is 17.3 Å². The number of piperidine rings is 1. The largest absolute Gasteiger partial charge is 0.349 e. The predicted molar refractivity (Wildman–Crippen MR) is 112 cm³/mol. The van der Waals surface area contributed by atoms with Crippen molar-refractivity contribution >= 4 is 27.7 Å². The third kappa shape index (κ3) is 5.94. The first-order valence-electron chi connectivity index (χ1n) is 9.27. The van der Waals surface area contributed by atoms with Crippen LogP contribution in [0.2, 0.25) is 0 Å². The van der Waals surface area contributed by atoms with E-state index in [0.29, 0.717) is 11.3 Å². The molecule has 0 unspecified atom stereocenters. The van der Waals surface area contributed by atoms with Gasteiger partial charge in [0.2, 0.25) is 0 Å². The number of hydrogen-bond donors (Lipinski definition) is 2. The average molecular weight is 400 g/mol. The van der Waals surface area contributed by atoms with Gasteiger partial charge in [-0.05, 0) is 68.9 Å². The summed E-state index contributed by atoms with van der Waals surface area (Å²) in [6, 6.07) is 15.8. The summed E-state index contributed by atoms with van der Waals surface area (Å²) in [7, 11) is -1.55. The number of carbonyl (C=O) groups excluding carboxylic acids is 1. The molecule has 0 bridgehead atoms. The van der Waals surface area contributed by atoms with Crippen LogP contribution in [0.5, 0.6) is 0 Å². The van der Waals surface area contributed by atoms with Crippen LogP contribution >= 0.6 is 0 Å². The van der Waals surface area contributed by atoms with Crippen LogP contribution in [0.4, 0.5) is 5.69 Å². The zero-order valence-corrected chi connectivity index (χ0v) is 16.7. The molecule has 1 amide bonds. The molecule has 0 aromatic heterocycles. The van der Waals surface area contributed by atoms with E-state index in [4.69, 9.17) is 0 Å². The highest BCUT2D eigenvalue weighted by atomic mass is 32.2. The van der Waals surface area contributed by atoms with Crippen LogP contribution in [-0.2, 0) is 10.0 Å². The van der Waals surface area contributed by atoms with E-state index in [1.807, 2.05) is 30.3 Å². The standard InChI is InChI=1S/C21H25N3O3S/c1-24-14-11-19(12-15-24)22-21(25)18-7-9-20(10-8-18)23-28(26,27)16-13-17-5-3-2-4-6-17/h2-10,13,16,19,23H,11-12,14-15H2,1H3,(H,22,25)/b16-13+. The SMILES string of the molecule is CN1CCC(NC(=O)c2ccc(NS(=O)(=O)/C=C/c3ccccc3)cc2)CC1. The van der Waals surface area contributed by atoms with Gasteiger partial charge >= 0.3 is 0 Å². The Labute approximate surface area is 166 Å². The summed E-state index contributed by atoms with van der Waals surface area (Å²) in [6.45, 7) is 1.95. The molecule has 7 heteroatoms. The second-order valence-corrected chi connectivity index (χ2v) is 8.56. The van der Waals surface area contributed by atoms with Crippen LogP contribution in [0.15, 0.2) is 60.0 Å². The van der Waals surface area contributed by atoms with Gasteiger partial charge < -0.3 is 10.2 Å². The molecule has 2 N–H and O–H groups in total. The van der Waals surface area contributed by atoms with E-state index < -0.39 is 10.0 Å². The lowest BCUT2D eigenvalue weighted by Gasteiger charge is -2.29. The molecule has 6 nitrogen and oxygen atoms in total. The normalized spacial score (nSPS) is 16.2. The lowest BCUT2D eigenvalue weighted by molar-refractivity contribution is 0.0917. The molecule has 0 atom stereocenters. The van der Waals surface area contributed by atoms with Crippen LogP contribution in [-0.4, -0.2) is 45.4 Å². The first-order valence-corrected chi connectivity index (χ1v) is 10.8. The summed E-state index contributed by atoms with van der Waals surface area (Å²) in [5.74, 6) is -0.132. The third-order valence-corrected chi connectivity index (χ3v) is 5.71. The van der Waals surface area contributed by atoms with E-state index in [1.54, 1.807) is 24.3 Å². The average Bonchev–Trinajstić information content (AvgIpc) is 2.69. The van der Waals surface area contributed by atoms with E-state index >= 15 is 0 Å². The Morgan fingerprint density at radius 2 is 1.68 bits per heavy atom. The Bertz CT molecular complexity index is 917. The summed E-state index contributed by atoms with van der Waals surface area (Å²) >= 11 is 0. The lowest BCUT2D eigenvalue weighted by Crippen LogP contribution is -2.43. The first kappa shape index (κ1) is 20.1. The molecule has 1 fully saturated rings. The van der Waals surface area contributed by atoms with Gasteiger partial charge in [0.1, 0.15) is 0 Å². The molecule has 28 heavy (non-hydrogen) atoms. The Morgan fingerprint density at radius 1 is 1.04 bits per heavy atom. The molecule has 0 saturated carbocycles. The van der Waals surface area contributed by atoms with Crippen molar-refractivity contribution in [3.05, 3.63) is 71.1 Å². The molecular formula is C21H25N3O3S. The second kappa shape index (κ2) is 9.03. The molecule has 0 aliphatic carbocycles. The van der Waals surface area contributed by atoms with Crippen LogP contribution in [0.1, 0.15) is 28.8 Å². The number of benzene rings is 2. The number of rotatable bonds is 6. The van der Waals surface area contributed by atoms with Crippen LogP contribution in [0.3, 0.4) is 0 Å². The summed E-state index contributed by atoms with van der Waals surface area (Å²) in [5.41, 5.74) is 1.73. The topological polar surface area (TPSA) is 78.5 Å². The fraction of sp³-hybridized carbons (Fsp3) is 0.286. The quantitative estimate of drug-likeness (QED) is 0.783. The van der Waals surface area contributed by atoms with Gasteiger partial charge in [0.15, 0.2) is 0 Å². The zero-order chi connectivity index (χ0) is 20.0. The van der Waals surface area contributed by atoms with Gasteiger partial charge in [0.05, 0.1) is 5.41 Å². The maximum Gasteiger partial charge on any atom is 0.255 e. The van der Waals surface area contributed by atoms with Crippen molar-refractivity contribution in [3.8, 4) is 0 Å². The van der Waals surface area contributed by atoms with Crippen LogP contribution in [0, 0.1) is 0 Å². The lowest BCUT2D eigenvalue weighted by atomic mass is 10.0. The Balaban J connectivity index is 1.57. The van der Waals surface area contributed by atoms with Crippen molar-refractivity contribution in [1.29, 1.82) is 0 Å². The molecule has 2 aromatic carbocycles. The zero-order valence-electron chi connectivity index (χ0n) is 15.8. The van der Waals surface area contributed by atoms with Crippen molar-refractivity contribution in [1.82, 2.24) is 10.2 Å². The van der Waals surface area contributed by atoms with E-state index in [1.165, 1.54) is 6.08 Å². The number of carbonyl (C=O) groups is 1. The maximum absolute atomic E-state index is 12.4. The van der Waals surface area contributed by atoms with Crippen molar-refractivity contribution in [2.24, 2.45) is 0 Å². The Kier molecular flexibility index (Phi) is 6.49. The van der Waals surface area contributed by atoms with Crippen LogP contribution < -0.4 is 10.0 Å². The van der Waals surface area contributed by atoms with Gasteiger partial charge in [0.25, 0.3) is 15.9 Å². The summed E-state index contributed by atoms with van der Waals surface area (Å²) in [6.07, 6.45) is 3.41. The number of hydrogen-bond acceptors (Lipinski definition) is 4. The maximum atomic E-state index is 12.4. The molecular weight excluding hydrogens is 374 g/mol. The first-order chi connectivity index (χ1) is 13.4. The molecule has 1 saturated heterocycles. The number of nitrogens with zero attached hydrogens (tertiary/aromatic N) is 1. The van der Waals surface area contributed by atoms with Gasteiger partial charge in [-0.15, -0.1) is 0 Å². The van der Waals surface area contributed by atoms with E-state index in [2.05, 4.69) is 22.0 Å². The Morgan fingerprint density at radius 3 is 2.32 bits per heavy atom. The third-order valence-electron chi connectivity index (χ3n) is 4.70. The fourth-order valence-corrected chi connectivity index (χ4v) is 3.91. The number of anilines is 1. The highest BCUT2D eigenvalue weighted by Crippen LogP contribution is 2.14. The monoisotopic (exact) mass is 399 g/mol. The molecule has 3 rings (SSSR count). The van der Waals surface area contributed by atoms with Crippen molar-refractivity contribution < 1.29 is 13.2 Å². The summed E-state index contributed by atoms with van der Waals surface area (Å²) < 4.78 is 26.9. The smallest absolute Gasteiger partial charge is 0.255 e. The molecule has 0 spiro atoms. The highest BCUT2D eigenvalue weighted by molar-refractivity contribution is 7.95. The number of amides is 1. The van der Waals surface area contributed by atoms with E-state index in [-0.39, 0.29) is 11.9 Å². The second-order valence-electron chi connectivity index (χ2n) is 6.99. The predicted octanol–water partition coefficient (Wildman–Crippen LogP) is 2.92. The fourth-order valence-electron chi connectivity index (χ4n) is 3.04. The molecule has 1 aliphatic heterocycles. The van der Waals surface area contributed by atoms with Gasteiger partial charge in [-0.25, -0.2) is 8.42 Å². The van der Waals surface area contributed by atoms with Gasteiger partial charge in [-0.2, -0.15) is 0 Å². The van der Waals surface area contributed by atoms with Crippen LogP contribution in [0.25, 0.3) is 6.08 Å². The van der Waals surface area contributed by atoms with Gasteiger partial charge in [-0.3, -0.25) is 9.52 Å². The molecule has 1 aliphatic rings. The minimum atomic E-state index is -3.63. The van der Waals surface area contributed by atoms with E-state index in [0.717, 1.165) is 36.9 Å². The number of sulfonamides is 1. The molecule has 1 heterocycles. The van der Waals surface area contributed by atoms with Crippen molar-refractivity contribution in [2.75, 3.05) is 24.9 Å². The minimum Gasteiger partial charge on any atom is -0.349 e. The van der Waals surface area contributed by atoms with E-state index in [9.17, 15) is 13.2 Å². The van der Waals surface area contributed by atoms with Crippen molar-refractivity contribution in [2.45, 2.75) is 18.9 Å². The van der Waals surface area contributed by atoms with Crippen molar-refractivity contribution in [3.63, 3.8) is 0 Å². The highest BCUT2D eigenvalue weighted by Gasteiger charge is 2.19. The number of nitrogens with one attached hydrogen (secondary N) is 2. The molecule has 148 valence electrons. The molecule has 2 aromatic rings. The minimum absolute atomic E-state index is 0.132. The van der Waals surface area contributed by atoms with Gasteiger partial charge in [-0.1, -0.05) is 30.3 Å².